The minimum absolute atomic E-state index is 0.236. The predicted octanol–water partition coefficient (Wildman–Crippen LogP) is 1.26. The highest BCUT2D eigenvalue weighted by atomic mass is 127. The third-order valence-electron chi connectivity index (χ3n) is 2.62. The van der Waals surface area contributed by atoms with Crippen LogP contribution in [0.3, 0.4) is 0 Å². The normalized spacial score (nSPS) is 24.1. The molecule has 0 aromatic heterocycles. The molecule has 1 aromatic rings. The summed E-state index contributed by atoms with van der Waals surface area (Å²) in [7, 11) is 0. The molecular weight excluding hydrogens is 333 g/mol. The molecule has 1 aromatic carbocycles. The highest BCUT2D eigenvalue weighted by Crippen LogP contribution is 2.12. The van der Waals surface area contributed by atoms with E-state index in [2.05, 4.69) is 27.9 Å². The number of hydrogen-bond acceptors (Lipinski definition) is 3. The van der Waals surface area contributed by atoms with E-state index < -0.39 is 12.1 Å². The quantitative estimate of drug-likeness (QED) is 0.649. The molecule has 2 rings (SSSR count). The molecule has 0 spiro atoms. The van der Waals surface area contributed by atoms with Crippen LogP contribution in [0.25, 0.3) is 0 Å². The Labute approximate surface area is 113 Å². The molecule has 1 aliphatic rings. The molecule has 2 unspecified atom stereocenters. The molecule has 0 saturated carbocycles. The highest BCUT2D eigenvalue weighted by Gasteiger charge is 2.32. The van der Waals surface area contributed by atoms with Crippen LogP contribution in [0.5, 0.6) is 0 Å². The van der Waals surface area contributed by atoms with Crippen LogP contribution >= 0.6 is 22.6 Å². The number of ether oxygens (including phenoxy) is 1. The topological polar surface area (TPSA) is 55.4 Å². The molecule has 0 bridgehead atoms. The molecule has 17 heavy (non-hydrogen) atoms. The Kier molecular flexibility index (Phi) is 3.66. The number of amides is 1. The molecular formula is C12H12INO3. The summed E-state index contributed by atoms with van der Waals surface area (Å²) in [5, 5.41) is 2.66. The fourth-order valence-electron chi connectivity index (χ4n) is 1.65. The Hall–Kier alpha value is -1.11. The molecule has 0 radical (unpaired) electrons. The van der Waals surface area contributed by atoms with Crippen molar-refractivity contribution >= 4 is 34.5 Å². The van der Waals surface area contributed by atoms with Gasteiger partial charge in [-0.2, -0.15) is 0 Å². The zero-order chi connectivity index (χ0) is 12.4. The second kappa shape index (κ2) is 5.03. The molecule has 0 aliphatic carbocycles. The molecule has 1 aliphatic heterocycles. The molecule has 90 valence electrons. The number of benzene rings is 1. The van der Waals surface area contributed by atoms with Crippen molar-refractivity contribution in [1.29, 1.82) is 0 Å². The van der Waals surface area contributed by atoms with E-state index in [1.165, 1.54) is 0 Å². The SMILES string of the molecule is CC1OC(=O)C(Cc2ccc(I)cc2)NC1=O. The summed E-state index contributed by atoms with van der Waals surface area (Å²) in [6.07, 6.45) is -0.218. The van der Waals surface area contributed by atoms with Crippen molar-refractivity contribution in [3.05, 3.63) is 33.4 Å². The number of cyclic esters (lactones) is 1. The molecule has 1 saturated heterocycles. The Morgan fingerprint density at radius 2 is 1.94 bits per heavy atom. The molecule has 5 heteroatoms. The van der Waals surface area contributed by atoms with Gasteiger partial charge in [0.1, 0.15) is 6.04 Å². The largest absolute Gasteiger partial charge is 0.451 e. The average Bonchev–Trinajstić information content (AvgIpc) is 2.29. The zero-order valence-corrected chi connectivity index (χ0v) is 11.4. The lowest BCUT2D eigenvalue weighted by Crippen LogP contribution is -2.53. The zero-order valence-electron chi connectivity index (χ0n) is 9.27. The summed E-state index contributed by atoms with van der Waals surface area (Å²) >= 11 is 2.22. The van der Waals surface area contributed by atoms with Gasteiger partial charge < -0.3 is 10.1 Å². The number of morpholine rings is 1. The minimum atomic E-state index is -0.685. The average molecular weight is 345 g/mol. The molecule has 1 amide bonds. The molecule has 4 nitrogen and oxygen atoms in total. The number of carbonyl (C=O) groups is 2. The van der Waals surface area contributed by atoms with E-state index in [4.69, 9.17) is 4.74 Å². The van der Waals surface area contributed by atoms with Gasteiger partial charge in [0, 0.05) is 9.99 Å². The number of hydrogen-bond donors (Lipinski definition) is 1. The van der Waals surface area contributed by atoms with Crippen LogP contribution in [0.2, 0.25) is 0 Å². The van der Waals surface area contributed by atoms with Gasteiger partial charge in [0.15, 0.2) is 6.10 Å². The summed E-state index contributed by atoms with van der Waals surface area (Å²) in [6.45, 7) is 1.56. The smallest absolute Gasteiger partial charge is 0.329 e. The molecule has 1 fully saturated rings. The van der Waals surface area contributed by atoms with Gasteiger partial charge in [-0.15, -0.1) is 0 Å². The lowest BCUT2D eigenvalue weighted by Gasteiger charge is -2.26. The lowest BCUT2D eigenvalue weighted by molar-refractivity contribution is -0.164. The first-order chi connectivity index (χ1) is 8.06. The number of carbonyl (C=O) groups excluding carboxylic acids is 2. The van der Waals surface area contributed by atoms with E-state index in [1.807, 2.05) is 24.3 Å². The maximum Gasteiger partial charge on any atom is 0.329 e. The van der Waals surface area contributed by atoms with Gasteiger partial charge in [-0.25, -0.2) is 4.79 Å². The Bertz CT molecular complexity index is 444. The first kappa shape index (κ1) is 12.3. The van der Waals surface area contributed by atoms with E-state index >= 15 is 0 Å². The minimum Gasteiger partial charge on any atom is -0.451 e. The predicted molar refractivity (Wildman–Crippen MR) is 70.3 cm³/mol. The van der Waals surface area contributed by atoms with Crippen LogP contribution in [0.1, 0.15) is 12.5 Å². The fraction of sp³-hybridized carbons (Fsp3) is 0.333. The Morgan fingerprint density at radius 3 is 2.59 bits per heavy atom. The van der Waals surface area contributed by atoms with E-state index in [0.717, 1.165) is 9.13 Å². The van der Waals surface area contributed by atoms with Crippen molar-refractivity contribution < 1.29 is 14.3 Å². The van der Waals surface area contributed by atoms with Crippen molar-refractivity contribution in [1.82, 2.24) is 5.32 Å². The summed E-state index contributed by atoms with van der Waals surface area (Å²) in [5.41, 5.74) is 1.00. The van der Waals surface area contributed by atoms with Crippen LogP contribution in [0.4, 0.5) is 0 Å². The van der Waals surface area contributed by atoms with Crippen molar-refractivity contribution in [2.24, 2.45) is 0 Å². The highest BCUT2D eigenvalue weighted by molar-refractivity contribution is 14.1. The van der Waals surface area contributed by atoms with Crippen LogP contribution in [-0.4, -0.2) is 24.0 Å². The Balaban J connectivity index is 2.06. The summed E-state index contributed by atoms with van der Waals surface area (Å²) in [4.78, 5) is 23.0. The molecule has 2 atom stereocenters. The fourth-order valence-corrected chi connectivity index (χ4v) is 2.01. The van der Waals surface area contributed by atoms with Crippen LogP contribution < -0.4 is 5.32 Å². The van der Waals surface area contributed by atoms with Gasteiger partial charge in [0.2, 0.25) is 0 Å². The van der Waals surface area contributed by atoms with E-state index in [9.17, 15) is 9.59 Å². The van der Waals surface area contributed by atoms with E-state index in [0.29, 0.717) is 6.42 Å². The Morgan fingerprint density at radius 1 is 1.29 bits per heavy atom. The standard InChI is InChI=1S/C12H12INO3/c1-7-11(15)14-10(12(16)17-7)6-8-2-4-9(13)5-3-8/h2-5,7,10H,6H2,1H3,(H,14,15). The first-order valence-electron chi connectivity index (χ1n) is 5.31. The van der Waals surface area contributed by atoms with Crippen molar-refractivity contribution in [3.8, 4) is 0 Å². The van der Waals surface area contributed by atoms with E-state index in [1.54, 1.807) is 6.92 Å². The van der Waals surface area contributed by atoms with Crippen LogP contribution in [0, 0.1) is 3.57 Å². The second-order valence-electron chi connectivity index (χ2n) is 3.97. The van der Waals surface area contributed by atoms with E-state index in [-0.39, 0.29) is 11.9 Å². The monoisotopic (exact) mass is 345 g/mol. The molecule has 1 heterocycles. The van der Waals surface area contributed by atoms with Gasteiger partial charge in [0.05, 0.1) is 0 Å². The number of esters is 1. The molecule has 1 N–H and O–H groups in total. The second-order valence-corrected chi connectivity index (χ2v) is 5.22. The van der Waals surface area contributed by atoms with Gasteiger partial charge in [0.25, 0.3) is 5.91 Å². The third kappa shape index (κ3) is 2.96. The third-order valence-corrected chi connectivity index (χ3v) is 3.34. The van der Waals surface area contributed by atoms with Gasteiger partial charge in [-0.05, 0) is 47.2 Å². The maximum absolute atomic E-state index is 11.6. The van der Waals surface area contributed by atoms with Gasteiger partial charge >= 0.3 is 5.97 Å². The van der Waals surface area contributed by atoms with Crippen molar-refractivity contribution in [2.75, 3.05) is 0 Å². The van der Waals surface area contributed by atoms with Crippen molar-refractivity contribution in [2.45, 2.75) is 25.5 Å². The summed E-state index contributed by atoms with van der Waals surface area (Å²) in [5.74, 6) is -0.601. The van der Waals surface area contributed by atoms with Crippen LogP contribution in [0.15, 0.2) is 24.3 Å². The van der Waals surface area contributed by atoms with Crippen molar-refractivity contribution in [3.63, 3.8) is 0 Å². The van der Waals surface area contributed by atoms with Crippen LogP contribution in [-0.2, 0) is 20.7 Å². The van der Waals surface area contributed by atoms with Gasteiger partial charge in [-0.1, -0.05) is 12.1 Å². The number of nitrogens with one attached hydrogen (secondary N) is 1. The number of halogens is 1. The lowest BCUT2D eigenvalue weighted by atomic mass is 10.0. The summed E-state index contributed by atoms with van der Waals surface area (Å²) in [6, 6.07) is 7.25. The number of rotatable bonds is 2. The maximum atomic E-state index is 11.6. The first-order valence-corrected chi connectivity index (χ1v) is 6.39. The summed E-state index contributed by atoms with van der Waals surface area (Å²) < 4.78 is 6.09. The van der Waals surface area contributed by atoms with Gasteiger partial charge in [-0.3, -0.25) is 4.79 Å².